The Morgan fingerprint density at radius 3 is 2.85 bits per heavy atom. The van der Waals surface area contributed by atoms with E-state index in [0.29, 0.717) is 12.5 Å². The summed E-state index contributed by atoms with van der Waals surface area (Å²) >= 11 is 0. The SMILES string of the molecule is CN=C(NCCCOCC1CCOC1)N(C)CCOc1ccccc1C.I. The molecule has 1 N–H and O–H groups in total. The van der Waals surface area contributed by atoms with Gasteiger partial charge in [-0.1, -0.05) is 18.2 Å². The van der Waals surface area contributed by atoms with Crippen LogP contribution < -0.4 is 10.1 Å². The van der Waals surface area contributed by atoms with Gasteiger partial charge >= 0.3 is 0 Å². The van der Waals surface area contributed by atoms with Gasteiger partial charge in [0, 0.05) is 39.8 Å². The van der Waals surface area contributed by atoms with Crippen LogP contribution in [0.5, 0.6) is 5.75 Å². The number of aliphatic imine (C=N–C) groups is 1. The molecule has 154 valence electrons. The quantitative estimate of drug-likeness (QED) is 0.236. The molecule has 0 radical (unpaired) electrons. The smallest absolute Gasteiger partial charge is 0.193 e. The number of halogens is 1. The lowest BCUT2D eigenvalue weighted by Gasteiger charge is -2.22. The van der Waals surface area contributed by atoms with Gasteiger partial charge < -0.3 is 24.4 Å². The van der Waals surface area contributed by atoms with Crippen molar-refractivity contribution in [2.24, 2.45) is 10.9 Å². The molecule has 0 bridgehead atoms. The zero-order valence-corrected chi connectivity index (χ0v) is 19.1. The summed E-state index contributed by atoms with van der Waals surface area (Å²) in [5.74, 6) is 2.39. The van der Waals surface area contributed by atoms with Crippen molar-refractivity contribution in [1.82, 2.24) is 10.2 Å². The van der Waals surface area contributed by atoms with Gasteiger partial charge in [-0.25, -0.2) is 0 Å². The maximum Gasteiger partial charge on any atom is 0.193 e. The first-order chi connectivity index (χ1) is 12.7. The number of benzene rings is 1. The third-order valence-corrected chi connectivity index (χ3v) is 4.48. The number of para-hydroxylation sites is 1. The Balaban J connectivity index is 0.00000364. The van der Waals surface area contributed by atoms with Crippen LogP contribution in [0.3, 0.4) is 0 Å². The topological polar surface area (TPSA) is 55.3 Å². The Bertz CT molecular complexity index is 551. The lowest BCUT2D eigenvalue weighted by molar-refractivity contribution is 0.0887. The summed E-state index contributed by atoms with van der Waals surface area (Å²) in [5.41, 5.74) is 1.15. The number of likely N-dealkylation sites (N-methyl/N-ethyl adjacent to an activating group) is 1. The standard InChI is InChI=1S/C20H33N3O3.HI/c1-17-7-4-5-8-19(17)26-14-11-23(3)20(21-2)22-10-6-12-24-15-18-9-13-25-16-18;/h4-5,7-8,18H,6,9-16H2,1-3H3,(H,21,22);1H. The van der Waals surface area contributed by atoms with Crippen LogP contribution in [-0.2, 0) is 9.47 Å². The Morgan fingerprint density at radius 1 is 1.33 bits per heavy atom. The van der Waals surface area contributed by atoms with Crippen LogP contribution in [0.2, 0.25) is 0 Å². The summed E-state index contributed by atoms with van der Waals surface area (Å²) in [5, 5.41) is 3.37. The van der Waals surface area contributed by atoms with Gasteiger partial charge in [0.25, 0.3) is 0 Å². The minimum absolute atomic E-state index is 0. The summed E-state index contributed by atoms with van der Waals surface area (Å²) in [6.07, 6.45) is 2.08. The predicted molar refractivity (Wildman–Crippen MR) is 120 cm³/mol. The number of guanidine groups is 1. The lowest BCUT2D eigenvalue weighted by Crippen LogP contribution is -2.41. The van der Waals surface area contributed by atoms with Crippen molar-refractivity contribution in [2.45, 2.75) is 19.8 Å². The van der Waals surface area contributed by atoms with Crippen LogP contribution in [0.4, 0.5) is 0 Å². The van der Waals surface area contributed by atoms with Crippen molar-refractivity contribution in [3.05, 3.63) is 29.8 Å². The number of ether oxygens (including phenoxy) is 3. The van der Waals surface area contributed by atoms with Crippen molar-refractivity contribution in [3.8, 4) is 5.75 Å². The van der Waals surface area contributed by atoms with Crippen molar-refractivity contribution >= 4 is 29.9 Å². The number of nitrogens with one attached hydrogen (secondary N) is 1. The number of nitrogens with zero attached hydrogens (tertiary/aromatic N) is 2. The molecule has 27 heavy (non-hydrogen) atoms. The Morgan fingerprint density at radius 2 is 2.15 bits per heavy atom. The van der Waals surface area contributed by atoms with E-state index in [1.807, 2.05) is 25.2 Å². The monoisotopic (exact) mass is 491 g/mol. The van der Waals surface area contributed by atoms with Gasteiger partial charge in [0.15, 0.2) is 5.96 Å². The zero-order valence-electron chi connectivity index (χ0n) is 16.8. The third-order valence-electron chi connectivity index (χ3n) is 4.48. The lowest BCUT2D eigenvalue weighted by atomic mass is 10.1. The maximum atomic E-state index is 5.85. The molecule has 1 fully saturated rings. The Kier molecular flexibility index (Phi) is 12.4. The molecule has 0 aliphatic carbocycles. The van der Waals surface area contributed by atoms with Gasteiger partial charge in [0.05, 0.1) is 19.8 Å². The van der Waals surface area contributed by atoms with Crippen LogP contribution in [0.25, 0.3) is 0 Å². The number of rotatable bonds is 10. The molecule has 2 rings (SSSR count). The van der Waals surface area contributed by atoms with Crippen LogP contribution in [0.15, 0.2) is 29.3 Å². The second-order valence-electron chi connectivity index (χ2n) is 6.67. The molecule has 1 atom stereocenters. The highest BCUT2D eigenvalue weighted by Crippen LogP contribution is 2.15. The van der Waals surface area contributed by atoms with E-state index in [9.17, 15) is 0 Å². The second-order valence-corrected chi connectivity index (χ2v) is 6.67. The highest BCUT2D eigenvalue weighted by atomic mass is 127. The van der Waals surface area contributed by atoms with Crippen LogP contribution in [0.1, 0.15) is 18.4 Å². The minimum Gasteiger partial charge on any atom is -0.491 e. The first-order valence-electron chi connectivity index (χ1n) is 9.46. The minimum atomic E-state index is 0. The molecule has 1 aromatic carbocycles. The van der Waals surface area contributed by atoms with Crippen LogP contribution in [0, 0.1) is 12.8 Å². The molecular formula is C20H34IN3O3. The summed E-state index contributed by atoms with van der Waals surface area (Å²) in [6, 6.07) is 8.07. The molecule has 6 nitrogen and oxygen atoms in total. The number of hydrogen-bond acceptors (Lipinski definition) is 4. The zero-order chi connectivity index (χ0) is 18.6. The molecule has 1 saturated heterocycles. The van der Waals surface area contributed by atoms with Crippen molar-refractivity contribution in [2.75, 3.05) is 60.2 Å². The molecule has 7 heteroatoms. The summed E-state index contributed by atoms with van der Waals surface area (Å²) in [6.45, 7) is 7.59. The van der Waals surface area contributed by atoms with E-state index in [1.165, 1.54) is 0 Å². The fourth-order valence-corrected chi connectivity index (χ4v) is 2.84. The molecule has 1 heterocycles. The van der Waals surface area contributed by atoms with Gasteiger partial charge in [-0.2, -0.15) is 0 Å². The fourth-order valence-electron chi connectivity index (χ4n) is 2.84. The first kappa shape index (κ1) is 24.0. The Hall–Kier alpha value is -1.06. The van der Waals surface area contributed by atoms with Gasteiger partial charge in [0.1, 0.15) is 12.4 Å². The van der Waals surface area contributed by atoms with E-state index < -0.39 is 0 Å². The molecule has 1 aromatic rings. The molecule has 0 aromatic heterocycles. The molecule has 0 saturated carbocycles. The largest absolute Gasteiger partial charge is 0.491 e. The molecule has 1 unspecified atom stereocenters. The van der Waals surface area contributed by atoms with E-state index in [4.69, 9.17) is 14.2 Å². The summed E-state index contributed by atoms with van der Waals surface area (Å²) in [7, 11) is 3.82. The van der Waals surface area contributed by atoms with Gasteiger partial charge in [0.2, 0.25) is 0 Å². The first-order valence-corrected chi connectivity index (χ1v) is 9.46. The van der Waals surface area contributed by atoms with Gasteiger partial charge in [-0.05, 0) is 31.4 Å². The molecule has 1 aliphatic rings. The van der Waals surface area contributed by atoms with Crippen LogP contribution >= 0.6 is 24.0 Å². The number of hydrogen-bond donors (Lipinski definition) is 1. The molecule has 0 amide bonds. The van der Waals surface area contributed by atoms with Crippen molar-refractivity contribution in [3.63, 3.8) is 0 Å². The van der Waals surface area contributed by atoms with Crippen molar-refractivity contribution < 1.29 is 14.2 Å². The highest BCUT2D eigenvalue weighted by Gasteiger charge is 2.15. The molecular weight excluding hydrogens is 457 g/mol. The van der Waals surface area contributed by atoms with E-state index in [1.54, 1.807) is 7.05 Å². The normalized spacial score (nSPS) is 16.7. The molecule has 0 spiro atoms. The van der Waals surface area contributed by atoms with E-state index in [-0.39, 0.29) is 24.0 Å². The summed E-state index contributed by atoms with van der Waals surface area (Å²) in [4.78, 5) is 6.41. The average Bonchev–Trinajstić information content (AvgIpc) is 3.16. The average molecular weight is 491 g/mol. The second kappa shape index (κ2) is 14.0. The van der Waals surface area contributed by atoms with E-state index in [0.717, 1.165) is 69.6 Å². The third kappa shape index (κ3) is 9.12. The van der Waals surface area contributed by atoms with Gasteiger partial charge in [-0.3, -0.25) is 4.99 Å². The van der Waals surface area contributed by atoms with Crippen molar-refractivity contribution in [1.29, 1.82) is 0 Å². The number of aryl methyl sites for hydroxylation is 1. The van der Waals surface area contributed by atoms with Crippen LogP contribution in [-0.4, -0.2) is 71.1 Å². The highest BCUT2D eigenvalue weighted by molar-refractivity contribution is 14.0. The van der Waals surface area contributed by atoms with Gasteiger partial charge in [-0.15, -0.1) is 24.0 Å². The summed E-state index contributed by atoms with van der Waals surface area (Å²) < 4.78 is 16.9. The predicted octanol–water partition coefficient (Wildman–Crippen LogP) is 2.94. The molecule has 1 aliphatic heterocycles. The van der Waals surface area contributed by atoms with E-state index >= 15 is 0 Å². The fraction of sp³-hybridized carbons (Fsp3) is 0.650. The maximum absolute atomic E-state index is 5.85. The van der Waals surface area contributed by atoms with E-state index in [2.05, 4.69) is 28.2 Å². The Labute approximate surface area is 180 Å².